The van der Waals surface area contributed by atoms with E-state index in [1.54, 1.807) is 12.1 Å². The average Bonchev–Trinajstić information content (AvgIpc) is 3.24. The highest BCUT2D eigenvalue weighted by Crippen LogP contribution is 2.32. The minimum absolute atomic E-state index is 0.0431. The van der Waals surface area contributed by atoms with Crippen molar-refractivity contribution in [2.24, 2.45) is 0 Å². The van der Waals surface area contributed by atoms with Crippen molar-refractivity contribution < 1.29 is 4.79 Å². The van der Waals surface area contributed by atoms with Crippen LogP contribution < -0.4 is 5.32 Å². The molecular weight excluding hydrogens is 371 g/mol. The number of benzene rings is 1. The van der Waals surface area contributed by atoms with Gasteiger partial charge in [0.05, 0.1) is 10.7 Å². The summed E-state index contributed by atoms with van der Waals surface area (Å²) >= 11 is 12.4. The first kappa shape index (κ1) is 17.8. The molecule has 26 heavy (non-hydrogen) atoms. The van der Waals surface area contributed by atoms with Crippen molar-refractivity contribution in [3.63, 3.8) is 0 Å². The fraction of sp³-hybridized carbons (Fsp3) is 0.474. The van der Waals surface area contributed by atoms with Crippen molar-refractivity contribution in [2.45, 2.75) is 38.1 Å². The van der Waals surface area contributed by atoms with Crippen molar-refractivity contribution in [2.75, 3.05) is 20.1 Å². The lowest BCUT2D eigenvalue weighted by atomic mass is 10.0. The first-order chi connectivity index (χ1) is 12.6. The number of hydrogen-bond acceptors (Lipinski definition) is 3. The molecule has 1 aliphatic carbocycles. The zero-order valence-electron chi connectivity index (χ0n) is 14.8. The monoisotopic (exact) mass is 392 g/mol. The Kier molecular flexibility index (Phi) is 4.95. The Labute approximate surface area is 163 Å². The third-order valence-corrected chi connectivity index (χ3v) is 6.00. The predicted molar refractivity (Wildman–Crippen MR) is 104 cm³/mol. The van der Waals surface area contributed by atoms with E-state index in [4.69, 9.17) is 23.2 Å². The molecule has 2 heterocycles. The van der Waals surface area contributed by atoms with E-state index in [9.17, 15) is 4.79 Å². The van der Waals surface area contributed by atoms with Crippen LogP contribution in [-0.4, -0.2) is 46.8 Å². The summed E-state index contributed by atoms with van der Waals surface area (Å²) < 4.78 is 1.84. The minimum atomic E-state index is 0.0431. The van der Waals surface area contributed by atoms with E-state index < -0.39 is 0 Å². The van der Waals surface area contributed by atoms with Crippen LogP contribution in [0.15, 0.2) is 18.2 Å². The minimum Gasteiger partial charge on any atom is -0.337 e. The van der Waals surface area contributed by atoms with Gasteiger partial charge < -0.3 is 10.2 Å². The fourth-order valence-electron chi connectivity index (χ4n) is 3.98. The lowest BCUT2D eigenvalue weighted by molar-refractivity contribution is 0.0700. The molecule has 1 aromatic heterocycles. The molecule has 1 fully saturated rings. The topological polar surface area (TPSA) is 50.2 Å². The lowest BCUT2D eigenvalue weighted by Crippen LogP contribution is -2.44. The van der Waals surface area contributed by atoms with Crippen LogP contribution in [0.4, 0.5) is 0 Å². The smallest absolute Gasteiger partial charge is 0.274 e. The summed E-state index contributed by atoms with van der Waals surface area (Å²) in [6.07, 6.45) is 4.81. The number of fused-ring (bicyclic) bond motifs is 1. The number of nitrogens with one attached hydrogen (secondary N) is 1. The Hall–Kier alpha value is -1.56. The second-order valence-corrected chi connectivity index (χ2v) is 7.83. The van der Waals surface area contributed by atoms with E-state index in [0.717, 1.165) is 62.1 Å². The molecule has 4 rings (SSSR count). The van der Waals surface area contributed by atoms with Crippen LogP contribution in [0.3, 0.4) is 0 Å². The van der Waals surface area contributed by atoms with Gasteiger partial charge in [0.25, 0.3) is 5.91 Å². The number of nitrogens with zero attached hydrogens (tertiary/aromatic N) is 3. The highest BCUT2D eigenvalue weighted by Gasteiger charge is 2.31. The largest absolute Gasteiger partial charge is 0.337 e. The van der Waals surface area contributed by atoms with Crippen molar-refractivity contribution in [3.8, 4) is 5.69 Å². The number of rotatable bonds is 3. The van der Waals surface area contributed by atoms with Gasteiger partial charge in [-0.3, -0.25) is 4.79 Å². The maximum Gasteiger partial charge on any atom is 0.274 e. The molecule has 0 spiro atoms. The van der Waals surface area contributed by atoms with Crippen LogP contribution in [0.25, 0.3) is 5.69 Å². The van der Waals surface area contributed by atoms with Crippen molar-refractivity contribution in [1.29, 1.82) is 0 Å². The van der Waals surface area contributed by atoms with Gasteiger partial charge in [-0.25, -0.2) is 4.68 Å². The van der Waals surface area contributed by atoms with E-state index >= 15 is 0 Å². The molecule has 0 saturated carbocycles. The number of hydrogen-bond donors (Lipinski definition) is 1. The number of likely N-dealkylation sites (tertiary alicyclic amines) is 1. The molecule has 1 aliphatic heterocycles. The number of carbonyl (C=O) groups is 1. The standard InChI is InChI=1S/C19H22Cl2N4O/c1-22-13-7-9-24(10-8-13)19(26)18-14-3-2-4-16(14)25(23-18)17-6-5-12(20)11-15(17)21/h5-6,11,13,22H,2-4,7-10H2,1H3. The van der Waals surface area contributed by atoms with Crippen LogP contribution in [0.5, 0.6) is 0 Å². The van der Waals surface area contributed by atoms with E-state index in [-0.39, 0.29) is 5.91 Å². The molecule has 5 nitrogen and oxygen atoms in total. The highest BCUT2D eigenvalue weighted by molar-refractivity contribution is 6.35. The SMILES string of the molecule is CNC1CCN(C(=O)c2nn(-c3ccc(Cl)cc3Cl)c3c2CCC3)CC1. The zero-order chi connectivity index (χ0) is 18.3. The number of carbonyl (C=O) groups excluding carboxylic acids is 1. The van der Waals surface area contributed by atoms with Crippen LogP contribution in [0, 0.1) is 0 Å². The summed E-state index contributed by atoms with van der Waals surface area (Å²) in [6.45, 7) is 1.54. The van der Waals surface area contributed by atoms with E-state index in [2.05, 4.69) is 10.4 Å². The lowest BCUT2D eigenvalue weighted by Gasteiger charge is -2.31. The molecule has 0 bridgehead atoms. The molecule has 1 amide bonds. The first-order valence-electron chi connectivity index (χ1n) is 9.11. The van der Waals surface area contributed by atoms with Gasteiger partial charge in [0, 0.05) is 35.4 Å². The summed E-state index contributed by atoms with van der Waals surface area (Å²) in [6, 6.07) is 5.87. The average molecular weight is 393 g/mol. The number of aromatic nitrogens is 2. The Morgan fingerprint density at radius 2 is 2.00 bits per heavy atom. The van der Waals surface area contributed by atoms with E-state index in [0.29, 0.717) is 21.8 Å². The maximum atomic E-state index is 13.1. The third-order valence-electron chi connectivity index (χ3n) is 5.46. The molecule has 2 aromatic rings. The van der Waals surface area contributed by atoms with Gasteiger partial charge in [-0.15, -0.1) is 0 Å². The summed E-state index contributed by atoms with van der Waals surface area (Å²) in [5.74, 6) is 0.0431. The molecule has 2 aliphatic rings. The molecule has 0 unspecified atom stereocenters. The van der Waals surface area contributed by atoms with Gasteiger partial charge in [0.15, 0.2) is 5.69 Å². The summed E-state index contributed by atoms with van der Waals surface area (Å²) in [4.78, 5) is 15.0. The molecular formula is C19H22Cl2N4O. The Balaban J connectivity index is 1.67. The normalized spacial score (nSPS) is 17.6. The molecule has 1 aromatic carbocycles. The number of piperidine rings is 1. The quantitative estimate of drug-likeness (QED) is 0.869. The van der Waals surface area contributed by atoms with Gasteiger partial charge in [-0.1, -0.05) is 23.2 Å². The molecule has 138 valence electrons. The summed E-state index contributed by atoms with van der Waals surface area (Å²) in [5.41, 5.74) is 3.55. The van der Waals surface area contributed by atoms with Gasteiger partial charge in [-0.2, -0.15) is 5.10 Å². The Morgan fingerprint density at radius 3 is 2.69 bits per heavy atom. The summed E-state index contributed by atoms with van der Waals surface area (Å²) in [7, 11) is 1.98. The van der Waals surface area contributed by atoms with E-state index in [1.807, 2.05) is 22.7 Å². The Morgan fingerprint density at radius 1 is 1.23 bits per heavy atom. The Bertz CT molecular complexity index is 840. The summed E-state index contributed by atoms with van der Waals surface area (Å²) in [5, 5.41) is 9.12. The molecule has 0 atom stereocenters. The molecule has 1 N–H and O–H groups in total. The molecule has 0 radical (unpaired) electrons. The molecule has 7 heteroatoms. The van der Waals surface area contributed by atoms with Crippen molar-refractivity contribution >= 4 is 29.1 Å². The number of halogens is 2. The first-order valence-corrected chi connectivity index (χ1v) is 9.87. The third kappa shape index (κ3) is 3.13. The van der Waals surface area contributed by atoms with E-state index in [1.165, 1.54) is 0 Å². The predicted octanol–water partition coefficient (Wildman–Crippen LogP) is 3.49. The maximum absolute atomic E-state index is 13.1. The van der Waals surface area contributed by atoms with Crippen LogP contribution >= 0.6 is 23.2 Å². The highest BCUT2D eigenvalue weighted by atomic mass is 35.5. The van der Waals surface area contributed by atoms with Crippen LogP contribution in [-0.2, 0) is 12.8 Å². The molecule has 1 saturated heterocycles. The van der Waals surface area contributed by atoms with Gasteiger partial charge >= 0.3 is 0 Å². The van der Waals surface area contributed by atoms with Gasteiger partial charge in [-0.05, 0) is 57.4 Å². The van der Waals surface area contributed by atoms with Gasteiger partial charge in [0.2, 0.25) is 0 Å². The second kappa shape index (κ2) is 7.22. The second-order valence-electron chi connectivity index (χ2n) is 6.99. The van der Waals surface area contributed by atoms with Crippen LogP contribution in [0.1, 0.15) is 41.0 Å². The fourth-order valence-corrected chi connectivity index (χ4v) is 4.47. The zero-order valence-corrected chi connectivity index (χ0v) is 16.3. The van der Waals surface area contributed by atoms with Gasteiger partial charge in [0.1, 0.15) is 0 Å². The van der Waals surface area contributed by atoms with Crippen molar-refractivity contribution in [3.05, 3.63) is 45.2 Å². The van der Waals surface area contributed by atoms with Crippen molar-refractivity contribution in [1.82, 2.24) is 20.0 Å². The number of amides is 1. The van der Waals surface area contributed by atoms with Crippen LogP contribution in [0.2, 0.25) is 10.0 Å².